The highest BCUT2D eigenvalue weighted by Gasteiger charge is 2.34. The average molecular weight is 274 g/mol. The third-order valence-corrected chi connectivity index (χ3v) is 3.42. The summed E-state index contributed by atoms with van der Waals surface area (Å²) in [6.45, 7) is 0.422. The van der Waals surface area contributed by atoms with Crippen molar-refractivity contribution in [2.75, 3.05) is 0 Å². The summed E-state index contributed by atoms with van der Waals surface area (Å²) in [5.41, 5.74) is 0.145. The zero-order chi connectivity index (χ0) is 14.1. The molecule has 1 fully saturated rings. The summed E-state index contributed by atoms with van der Waals surface area (Å²) in [6, 6.07) is 4.49. The van der Waals surface area contributed by atoms with Gasteiger partial charge in [-0.15, -0.1) is 0 Å². The lowest BCUT2D eigenvalue weighted by Gasteiger charge is -2.21. The van der Waals surface area contributed by atoms with Gasteiger partial charge in [-0.25, -0.2) is 9.97 Å². The Morgan fingerprint density at radius 2 is 2.30 bits per heavy atom. The molecular formula is C14H15FN4O. The van der Waals surface area contributed by atoms with Crippen molar-refractivity contribution in [3.63, 3.8) is 0 Å². The van der Waals surface area contributed by atoms with Crippen molar-refractivity contribution in [3.05, 3.63) is 48.1 Å². The number of aryl methyl sites for hydroxylation is 1. The van der Waals surface area contributed by atoms with Gasteiger partial charge >= 0.3 is 0 Å². The maximum Gasteiger partial charge on any atom is 0.273 e. The van der Waals surface area contributed by atoms with Crippen LogP contribution in [0.3, 0.4) is 0 Å². The van der Waals surface area contributed by atoms with E-state index in [9.17, 15) is 9.18 Å². The molecule has 0 saturated heterocycles. The maximum atomic E-state index is 13.2. The molecule has 1 aliphatic carbocycles. The first-order valence-corrected chi connectivity index (χ1v) is 6.55. The van der Waals surface area contributed by atoms with Crippen molar-refractivity contribution in [2.24, 2.45) is 7.05 Å². The smallest absolute Gasteiger partial charge is 0.273 e. The van der Waals surface area contributed by atoms with Crippen molar-refractivity contribution in [3.8, 4) is 0 Å². The molecule has 0 atom stereocenters. The largest absolute Gasteiger partial charge is 0.337 e. The van der Waals surface area contributed by atoms with E-state index >= 15 is 0 Å². The molecule has 0 radical (unpaired) electrons. The van der Waals surface area contributed by atoms with Crippen LogP contribution in [-0.2, 0) is 13.6 Å². The van der Waals surface area contributed by atoms with E-state index in [1.165, 1.54) is 12.1 Å². The molecular weight excluding hydrogens is 259 g/mol. The SMILES string of the molecule is Cn1ccnc1CN(C(=O)c1cccc(F)n1)C1CC1. The molecule has 2 aromatic heterocycles. The fraction of sp³-hybridized carbons (Fsp3) is 0.357. The Morgan fingerprint density at radius 1 is 1.50 bits per heavy atom. The third-order valence-electron chi connectivity index (χ3n) is 3.42. The Kier molecular flexibility index (Phi) is 3.22. The van der Waals surface area contributed by atoms with Gasteiger partial charge in [0.25, 0.3) is 5.91 Å². The third kappa shape index (κ3) is 2.54. The van der Waals surface area contributed by atoms with Gasteiger partial charge in [-0.2, -0.15) is 4.39 Å². The van der Waals surface area contributed by atoms with Gasteiger partial charge in [-0.3, -0.25) is 4.79 Å². The van der Waals surface area contributed by atoms with Crippen LogP contribution in [0.15, 0.2) is 30.6 Å². The molecule has 0 unspecified atom stereocenters. The molecule has 5 nitrogen and oxygen atoms in total. The molecule has 1 aliphatic rings. The van der Waals surface area contributed by atoms with Gasteiger partial charge < -0.3 is 9.47 Å². The summed E-state index contributed by atoms with van der Waals surface area (Å²) in [5.74, 6) is -0.0692. The van der Waals surface area contributed by atoms with Crippen LogP contribution in [-0.4, -0.2) is 31.4 Å². The van der Waals surface area contributed by atoms with E-state index in [-0.39, 0.29) is 17.6 Å². The minimum absolute atomic E-state index is 0.145. The molecule has 0 aliphatic heterocycles. The number of imidazole rings is 1. The number of rotatable bonds is 4. The van der Waals surface area contributed by atoms with Gasteiger partial charge in [0, 0.05) is 25.5 Å². The van der Waals surface area contributed by atoms with E-state index in [0.717, 1.165) is 18.7 Å². The molecule has 0 spiro atoms. The summed E-state index contributed by atoms with van der Waals surface area (Å²) in [4.78, 5) is 22.1. The van der Waals surface area contributed by atoms with Gasteiger partial charge in [-0.1, -0.05) is 6.07 Å². The van der Waals surface area contributed by atoms with E-state index in [4.69, 9.17) is 0 Å². The molecule has 0 bridgehead atoms. The van der Waals surface area contributed by atoms with Crippen LogP contribution in [0.4, 0.5) is 4.39 Å². The minimum atomic E-state index is -0.636. The van der Waals surface area contributed by atoms with E-state index in [1.54, 1.807) is 17.2 Å². The Morgan fingerprint density at radius 3 is 2.90 bits per heavy atom. The lowest BCUT2D eigenvalue weighted by Crippen LogP contribution is -2.34. The van der Waals surface area contributed by atoms with Crippen LogP contribution in [0, 0.1) is 5.95 Å². The minimum Gasteiger partial charge on any atom is -0.337 e. The standard InChI is InChI=1S/C14H15FN4O/c1-18-8-7-16-13(18)9-19(10-5-6-10)14(20)11-3-2-4-12(15)17-11/h2-4,7-8,10H,5-6,9H2,1H3. The molecule has 2 aromatic rings. The van der Waals surface area contributed by atoms with Gasteiger partial charge in [0.15, 0.2) is 0 Å². The van der Waals surface area contributed by atoms with Crippen molar-refractivity contribution in [2.45, 2.75) is 25.4 Å². The van der Waals surface area contributed by atoms with Crippen LogP contribution in [0.2, 0.25) is 0 Å². The molecule has 2 heterocycles. The van der Waals surface area contributed by atoms with Crippen LogP contribution in [0.5, 0.6) is 0 Å². The Balaban J connectivity index is 1.84. The number of carbonyl (C=O) groups excluding carboxylic acids is 1. The van der Waals surface area contributed by atoms with E-state index in [0.29, 0.717) is 6.54 Å². The molecule has 3 rings (SSSR count). The number of aromatic nitrogens is 3. The molecule has 0 N–H and O–H groups in total. The summed E-state index contributed by atoms with van der Waals surface area (Å²) in [7, 11) is 1.89. The van der Waals surface area contributed by atoms with Crippen molar-refractivity contribution >= 4 is 5.91 Å². The van der Waals surface area contributed by atoms with E-state index in [2.05, 4.69) is 9.97 Å². The molecule has 0 aromatic carbocycles. The normalized spacial score (nSPS) is 14.3. The summed E-state index contributed by atoms with van der Waals surface area (Å²) >= 11 is 0. The fourth-order valence-corrected chi connectivity index (χ4v) is 2.13. The highest BCUT2D eigenvalue weighted by atomic mass is 19.1. The predicted octanol–water partition coefficient (Wildman–Crippen LogP) is 1.76. The Labute approximate surface area is 116 Å². The fourth-order valence-electron chi connectivity index (χ4n) is 2.13. The van der Waals surface area contributed by atoms with Gasteiger partial charge in [0.2, 0.25) is 5.95 Å². The summed E-state index contributed by atoms with van der Waals surface area (Å²) in [6.07, 6.45) is 5.49. The van der Waals surface area contributed by atoms with Crippen molar-refractivity contribution < 1.29 is 9.18 Å². The van der Waals surface area contributed by atoms with Gasteiger partial charge in [0.1, 0.15) is 11.5 Å². The monoisotopic (exact) mass is 274 g/mol. The quantitative estimate of drug-likeness (QED) is 0.798. The van der Waals surface area contributed by atoms with Crippen LogP contribution in [0.1, 0.15) is 29.2 Å². The highest BCUT2D eigenvalue weighted by molar-refractivity contribution is 5.92. The number of pyridine rings is 1. The average Bonchev–Trinajstić information content (AvgIpc) is 3.19. The van der Waals surface area contributed by atoms with E-state index in [1.807, 2.05) is 17.8 Å². The second-order valence-electron chi connectivity index (χ2n) is 4.96. The van der Waals surface area contributed by atoms with Gasteiger partial charge in [0.05, 0.1) is 6.54 Å². The number of nitrogens with zero attached hydrogens (tertiary/aromatic N) is 4. The second kappa shape index (κ2) is 5.03. The van der Waals surface area contributed by atoms with Crippen molar-refractivity contribution in [1.82, 2.24) is 19.4 Å². The molecule has 104 valence electrons. The highest BCUT2D eigenvalue weighted by Crippen LogP contribution is 2.29. The lowest BCUT2D eigenvalue weighted by molar-refractivity contribution is 0.0716. The van der Waals surface area contributed by atoms with Gasteiger partial charge in [-0.05, 0) is 25.0 Å². The topological polar surface area (TPSA) is 51.0 Å². The molecule has 1 amide bonds. The first-order chi connectivity index (χ1) is 9.65. The number of carbonyl (C=O) groups is 1. The van der Waals surface area contributed by atoms with Crippen LogP contribution in [0.25, 0.3) is 0 Å². The van der Waals surface area contributed by atoms with Crippen LogP contribution >= 0.6 is 0 Å². The Bertz CT molecular complexity index is 636. The van der Waals surface area contributed by atoms with E-state index < -0.39 is 5.95 Å². The maximum absolute atomic E-state index is 13.2. The van der Waals surface area contributed by atoms with Crippen LogP contribution < -0.4 is 0 Å². The summed E-state index contributed by atoms with van der Waals surface area (Å²) < 4.78 is 15.0. The molecule has 6 heteroatoms. The number of amides is 1. The lowest BCUT2D eigenvalue weighted by atomic mass is 10.3. The second-order valence-corrected chi connectivity index (χ2v) is 4.96. The number of hydrogen-bond acceptors (Lipinski definition) is 3. The molecule has 1 saturated carbocycles. The zero-order valence-electron chi connectivity index (χ0n) is 11.2. The zero-order valence-corrected chi connectivity index (χ0v) is 11.2. The summed E-state index contributed by atoms with van der Waals surface area (Å²) in [5, 5.41) is 0. The number of hydrogen-bond donors (Lipinski definition) is 0. The first-order valence-electron chi connectivity index (χ1n) is 6.55. The first kappa shape index (κ1) is 12.8. The predicted molar refractivity (Wildman–Crippen MR) is 70.3 cm³/mol. The Hall–Kier alpha value is -2.24. The number of halogens is 1. The molecule has 20 heavy (non-hydrogen) atoms. The van der Waals surface area contributed by atoms with Crippen molar-refractivity contribution in [1.29, 1.82) is 0 Å².